The van der Waals surface area contributed by atoms with E-state index in [0.717, 1.165) is 21.4 Å². The number of carbonyl (C=O) groups is 1. The molecule has 0 aliphatic rings. The van der Waals surface area contributed by atoms with Crippen molar-refractivity contribution in [2.24, 2.45) is 0 Å². The van der Waals surface area contributed by atoms with Gasteiger partial charge in [-0.1, -0.05) is 12.1 Å². The molecule has 29 heavy (non-hydrogen) atoms. The molecule has 0 atom stereocenters. The van der Waals surface area contributed by atoms with Crippen molar-refractivity contribution in [2.75, 3.05) is 6.54 Å². The topological polar surface area (TPSA) is 108 Å². The van der Waals surface area contributed by atoms with E-state index in [1.807, 2.05) is 36.7 Å². The van der Waals surface area contributed by atoms with Crippen molar-refractivity contribution >= 4 is 27.7 Å². The largest absolute Gasteiger partial charge is 0.390 e. The van der Waals surface area contributed by atoms with Gasteiger partial charge < -0.3 is 15.4 Å². The zero-order valence-electron chi connectivity index (χ0n) is 16.3. The highest BCUT2D eigenvalue weighted by molar-refractivity contribution is 9.10. The smallest absolute Gasteiger partial charge is 0.358 e. The number of carbonyl (C=O) groups excluding carboxylic acids is 1. The first-order valence-electron chi connectivity index (χ1n) is 9.01. The number of halogens is 1. The van der Waals surface area contributed by atoms with Crippen LogP contribution in [0.15, 0.2) is 34.8 Å². The standard InChI is InChI=1S/C19H21BrN6O3/c1-12-9-17(26(28)29)23-24(12)8-7-21-19(27)16-6-4-5-15(10-16)11-25-14(3)18(20)13(2)22-25/h4-6,9-10H,7-8,11H2,1-3H3,(H,21,27). The van der Waals surface area contributed by atoms with E-state index < -0.39 is 4.92 Å². The maximum atomic E-state index is 12.5. The number of rotatable bonds is 7. The van der Waals surface area contributed by atoms with Crippen LogP contribution >= 0.6 is 15.9 Å². The van der Waals surface area contributed by atoms with E-state index in [1.54, 1.807) is 13.0 Å². The summed E-state index contributed by atoms with van der Waals surface area (Å²) in [5, 5.41) is 22.0. The molecular weight excluding hydrogens is 440 g/mol. The number of nitrogens with zero attached hydrogens (tertiary/aromatic N) is 5. The van der Waals surface area contributed by atoms with Gasteiger partial charge in [-0.3, -0.25) is 9.48 Å². The Balaban J connectivity index is 1.62. The van der Waals surface area contributed by atoms with Crippen molar-refractivity contribution in [1.82, 2.24) is 24.9 Å². The molecule has 10 heteroatoms. The number of aromatic nitrogens is 4. The monoisotopic (exact) mass is 460 g/mol. The highest BCUT2D eigenvalue weighted by Crippen LogP contribution is 2.20. The third-order valence-corrected chi connectivity index (χ3v) is 5.73. The molecular formula is C19H21BrN6O3. The van der Waals surface area contributed by atoms with Crippen molar-refractivity contribution in [3.05, 3.63) is 73.1 Å². The van der Waals surface area contributed by atoms with E-state index in [0.29, 0.717) is 30.9 Å². The van der Waals surface area contributed by atoms with Gasteiger partial charge in [0.1, 0.15) is 0 Å². The van der Waals surface area contributed by atoms with Crippen LogP contribution in [0.5, 0.6) is 0 Å². The van der Waals surface area contributed by atoms with Gasteiger partial charge in [-0.2, -0.15) is 9.78 Å². The fourth-order valence-corrected chi connectivity index (χ4v) is 3.28. The Kier molecular flexibility index (Phi) is 6.12. The van der Waals surface area contributed by atoms with Crippen LogP contribution in [0.2, 0.25) is 0 Å². The van der Waals surface area contributed by atoms with Crippen molar-refractivity contribution in [3.63, 3.8) is 0 Å². The Morgan fingerprint density at radius 3 is 2.59 bits per heavy atom. The average molecular weight is 461 g/mol. The lowest BCUT2D eigenvalue weighted by Crippen LogP contribution is -2.27. The maximum Gasteiger partial charge on any atom is 0.390 e. The van der Waals surface area contributed by atoms with Gasteiger partial charge in [0.2, 0.25) is 0 Å². The maximum absolute atomic E-state index is 12.5. The Morgan fingerprint density at radius 2 is 1.97 bits per heavy atom. The van der Waals surface area contributed by atoms with Gasteiger partial charge in [-0.05, 0) is 59.3 Å². The highest BCUT2D eigenvalue weighted by atomic mass is 79.9. The van der Waals surface area contributed by atoms with Gasteiger partial charge in [-0.15, -0.1) is 0 Å². The number of aryl methyl sites for hydroxylation is 2. The number of amides is 1. The Morgan fingerprint density at radius 1 is 1.21 bits per heavy atom. The number of benzene rings is 1. The lowest BCUT2D eigenvalue weighted by molar-refractivity contribution is -0.389. The average Bonchev–Trinajstić information content (AvgIpc) is 3.17. The molecule has 0 unspecified atom stereocenters. The third-order valence-electron chi connectivity index (χ3n) is 4.58. The predicted molar refractivity (Wildman–Crippen MR) is 111 cm³/mol. The molecule has 9 nitrogen and oxygen atoms in total. The fraction of sp³-hybridized carbons (Fsp3) is 0.316. The second kappa shape index (κ2) is 8.56. The minimum Gasteiger partial charge on any atom is -0.358 e. The molecule has 2 aromatic heterocycles. The minimum absolute atomic E-state index is 0.197. The summed E-state index contributed by atoms with van der Waals surface area (Å²) in [6, 6.07) is 8.78. The van der Waals surface area contributed by atoms with Gasteiger partial charge in [0, 0.05) is 12.1 Å². The molecule has 0 fully saturated rings. The van der Waals surface area contributed by atoms with Crippen LogP contribution in [-0.4, -0.2) is 36.9 Å². The summed E-state index contributed by atoms with van der Waals surface area (Å²) in [5.41, 5.74) is 4.14. The number of hydrogen-bond acceptors (Lipinski definition) is 5. The van der Waals surface area contributed by atoms with E-state index in [9.17, 15) is 14.9 Å². The number of hydrogen-bond donors (Lipinski definition) is 1. The molecule has 0 aliphatic carbocycles. The molecule has 152 valence electrons. The highest BCUT2D eigenvalue weighted by Gasteiger charge is 2.15. The first kappa shape index (κ1) is 20.7. The summed E-state index contributed by atoms with van der Waals surface area (Å²) >= 11 is 3.52. The third kappa shape index (κ3) is 4.70. The van der Waals surface area contributed by atoms with Crippen LogP contribution in [0.4, 0.5) is 5.82 Å². The molecule has 1 amide bonds. The SMILES string of the molecule is Cc1nn(Cc2cccc(C(=O)NCCn3nc([N+](=O)[O-])cc3C)c2)c(C)c1Br. The number of nitrogens with one attached hydrogen (secondary N) is 1. The Labute approximate surface area is 176 Å². The lowest BCUT2D eigenvalue weighted by atomic mass is 10.1. The van der Waals surface area contributed by atoms with Gasteiger partial charge in [-0.25, -0.2) is 0 Å². The quantitative estimate of drug-likeness (QED) is 0.430. The summed E-state index contributed by atoms with van der Waals surface area (Å²) in [5.74, 6) is -0.405. The van der Waals surface area contributed by atoms with Crippen LogP contribution < -0.4 is 5.32 Å². The van der Waals surface area contributed by atoms with E-state index >= 15 is 0 Å². The van der Waals surface area contributed by atoms with Crippen LogP contribution in [0.3, 0.4) is 0 Å². The molecule has 3 aromatic rings. The van der Waals surface area contributed by atoms with Crippen LogP contribution in [-0.2, 0) is 13.1 Å². The first-order chi connectivity index (χ1) is 13.8. The van der Waals surface area contributed by atoms with Crippen molar-refractivity contribution < 1.29 is 9.72 Å². The summed E-state index contributed by atoms with van der Waals surface area (Å²) < 4.78 is 4.39. The zero-order valence-corrected chi connectivity index (χ0v) is 17.9. The minimum atomic E-state index is -0.533. The van der Waals surface area contributed by atoms with Crippen LogP contribution in [0.25, 0.3) is 0 Å². The van der Waals surface area contributed by atoms with Gasteiger partial charge in [0.15, 0.2) is 0 Å². The van der Waals surface area contributed by atoms with Crippen molar-refractivity contribution in [2.45, 2.75) is 33.9 Å². The molecule has 2 heterocycles. The van der Waals surface area contributed by atoms with Crippen molar-refractivity contribution in [1.29, 1.82) is 0 Å². The summed E-state index contributed by atoms with van der Waals surface area (Å²) in [7, 11) is 0. The molecule has 1 aromatic carbocycles. The van der Waals surface area contributed by atoms with Gasteiger partial charge in [0.05, 0.1) is 45.8 Å². The summed E-state index contributed by atoms with van der Waals surface area (Å²) in [6.45, 7) is 6.89. The van der Waals surface area contributed by atoms with Crippen LogP contribution in [0, 0.1) is 30.9 Å². The van der Waals surface area contributed by atoms with Gasteiger partial charge >= 0.3 is 5.82 Å². The number of nitro groups is 1. The first-order valence-corrected chi connectivity index (χ1v) is 9.81. The van der Waals surface area contributed by atoms with Crippen LogP contribution in [0.1, 0.15) is 33.0 Å². The molecule has 0 aliphatic heterocycles. The fourth-order valence-electron chi connectivity index (χ4n) is 3.00. The second-order valence-corrected chi connectivity index (χ2v) is 7.52. The molecule has 0 saturated carbocycles. The molecule has 0 bridgehead atoms. The Hall–Kier alpha value is -3.01. The van der Waals surface area contributed by atoms with E-state index in [2.05, 4.69) is 31.4 Å². The van der Waals surface area contributed by atoms with E-state index in [4.69, 9.17) is 0 Å². The Bertz CT molecular complexity index is 1070. The molecule has 0 spiro atoms. The molecule has 0 radical (unpaired) electrons. The molecule has 0 saturated heterocycles. The summed E-state index contributed by atoms with van der Waals surface area (Å²) in [6.07, 6.45) is 0. The molecule has 3 rings (SSSR count). The van der Waals surface area contributed by atoms with Crippen molar-refractivity contribution in [3.8, 4) is 0 Å². The second-order valence-electron chi connectivity index (χ2n) is 6.72. The predicted octanol–water partition coefficient (Wildman–Crippen LogP) is 3.15. The summed E-state index contributed by atoms with van der Waals surface area (Å²) in [4.78, 5) is 22.7. The molecule has 1 N–H and O–H groups in total. The van der Waals surface area contributed by atoms with Gasteiger partial charge in [0.25, 0.3) is 5.91 Å². The zero-order chi connectivity index (χ0) is 21.1. The van der Waals surface area contributed by atoms with E-state index in [1.165, 1.54) is 10.7 Å². The van der Waals surface area contributed by atoms with E-state index in [-0.39, 0.29) is 11.7 Å². The normalized spacial score (nSPS) is 10.9. The lowest BCUT2D eigenvalue weighted by Gasteiger charge is -2.08.